The number of Topliss-reactive ketones (excluding diaryl/α,β-unsaturated/α-hetero) is 1. The van der Waals surface area contributed by atoms with Crippen LogP contribution in [0.2, 0.25) is 0 Å². The van der Waals surface area contributed by atoms with Crippen molar-refractivity contribution in [2.45, 2.75) is 12.5 Å². The molecule has 0 aliphatic carbocycles. The van der Waals surface area contributed by atoms with Gasteiger partial charge in [0, 0.05) is 41.6 Å². The predicted molar refractivity (Wildman–Crippen MR) is 110 cm³/mol. The molecule has 6 heteroatoms. The van der Waals surface area contributed by atoms with Gasteiger partial charge in [0.15, 0.2) is 5.78 Å². The summed E-state index contributed by atoms with van der Waals surface area (Å²) in [7, 11) is 1.58. The van der Waals surface area contributed by atoms with Gasteiger partial charge in [0.2, 0.25) is 0 Å². The van der Waals surface area contributed by atoms with Gasteiger partial charge >= 0.3 is 0 Å². The molecular formula is C23H21N3O3. The Balaban J connectivity index is 1.72. The van der Waals surface area contributed by atoms with Crippen LogP contribution in [0, 0.1) is 0 Å². The molecule has 1 aliphatic heterocycles. The monoisotopic (exact) mass is 387 g/mol. The van der Waals surface area contributed by atoms with Crippen LogP contribution in [-0.2, 0) is 9.53 Å². The van der Waals surface area contributed by atoms with Crippen molar-refractivity contribution in [3.8, 4) is 5.75 Å². The molecule has 0 radical (unpaired) electrons. The number of aromatic nitrogens is 2. The summed E-state index contributed by atoms with van der Waals surface area (Å²) in [5.41, 5.74) is 3.04. The molecule has 0 spiro atoms. The third kappa shape index (κ3) is 4.11. The molecule has 1 unspecified atom stereocenters. The lowest BCUT2D eigenvalue weighted by atomic mass is 9.95. The molecule has 0 saturated heterocycles. The van der Waals surface area contributed by atoms with Gasteiger partial charge in [0.05, 0.1) is 31.8 Å². The lowest BCUT2D eigenvalue weighted by Crippen LogP contribution is -2.23. The first-order chi connectivity index (χ1) is 14.3. The molecule has 6 nitrogen and oxygen atoms in total. The van der Waals surface area contributed by atoms with Gasteiger partial charge in [-0.1, -0.05) is 36.4 Å². The average molecular weight is 387 g/mol. The summed E-state index contributed by atoms with van der Waals surface area (Å²) >= 11 is 0. The molecule has 0 bridgehead atoms. The minimum absolute atomic E-state index is 0.0443. The fraction of sp³-hybridized carbons (Fsp3) is 0.174. The number of carbonyl (C=O) groups excluding carboxylic acids is 1. The summed E-state index contributed by atoms with van der Waals surface area (Å²) < 4.78 is 11.1. The fourth-order valence-electron chi connectivity index (χ4n) is 3.34. The van der Waals surface area contributed by atoms with Crippen molar-refractivity contribution in [1.82, 2.24) is 9.97 Å². The van der Waals surface area contributed by atoms with E-state index in [0.717, 1.165) is 11.1 Å². The van der Waals surface area contributed by atoms with E-state index in [4.69, 9.17) is 9.47 Å². The van der Waals surface area contributed by atoms with E-state index in [2.05, 4.69) is 15.3 Å². The number of ether oxygens (including phenoxy) is 2. The molecule has 0 saturated carbocycles. The molecule has 29 heavy (non-hydrogen) atoms. The smallest absolute Gasteiger partial charge is 0.189 e. The number of hydrogen-bond acceptors (Lipinski definition) is 6. The van der Waals surface area contributed by atoms with Crippen molar-refractivity contribution < 1.29 is 14.3 Å². The Kier molecular flexibility index (Phi) is 5.52. The van der Waals surface area contributed by atoms with Crippen molar-refractivity contribution in [1.29, 1.82) is 0 Å². The molecule has 2 aromatic heterocycles. The highest BCUT2D eigenvalue weighted by Gasteiger charge is 2.30. The predicted octanol–water partition coefficient (Wildman–Crippen LogP) is 4.04. The van der Waals surface area contributed by atoms with Crippen molar-refractivity contribution in [2.24, 2.45) is 0 Å². The number of pyridine rings is 2. The molecule has 3 aromatic rings. The van der Waals surface area contributed by atoms with Crippen molar-refractivity contribution in [3.05, 3.63) is 90.0 Å². The normalized spacial score (nSPS) is 14.2. The molecule has 1 aromatic carbocycles. The quantitative estimate of drug-likeness (QED) is 0.660. The van der Waals surface area contributed by atoms with E-state index < -0.39 is 6.04 Å². The Morgan fingerprint density at radius 1 is 1.10 bits per heavy atom. The van der Waals surface area contributed by atoms with Crippen LogP contribution in [0.1, 0.15) is 23.6 Å². The minimum Gasteiger partial charge on any atom is -0.495 e. The van der Waals surface area contributed by atoms with E-state index in [-0.39, 0.29) is 5.78 Å². The molecule has 1 N–H and O–H groups in total. The Morgan fingerprint density at radius 3 is 2.72 bits per heavy atom. The zero-order chi connectivity index (χ0) is 20.1. The van der Waals surface area contributed by atoms with Crippen LogP contribution in [0.4, 0.5) is 5.69 Å². The highest BCUT2D eigenvalue weighted by atomic mass is 16.5. The molecular weight excluding hydrogens is 366 g/mol. The second-order valence-corrected chi connectivity index (χ2v) is 6.61. The highest BCUT2D eigenvalue weighted by molar-refractivity contribution is 6.07. The Morgan fingerprint density at radius 2 is 1.97 bits per heavy atom. The lowest BCUT2D eigenvalue weighted by Gasteiger charge is -2.20. The molecule has 0 amide bonds. The number of anilines is 1. The van der Waals surface area contributed by atoms with Gasteiger partial charge < -0.3 is 14.8 Å². The Hall–Kier alpha value is -3.67. The summed E-state index contributed by atoms with van der Waals surface area (Å²) in [5.74, 6) is 1.22. The topological polar surface area (TPSA) is 73.3 Å². The van der Waals surface area contributed by atoms with Crippen LogP contribution in [0.15, 0.2) is 78.9 Å². The number of benzene rings is 1. The molecule has 1 atom stereocenters. The van der Waals surface area contributed by atoms with E-state index in [1.54, 1.807) is 38.0 Å². The van der Waals surface area contributed by atoms with Gasteiger partial charge in [0.25, 0.3) is 0 Å². The number of nitrogens with one attached hydrogen (secondary N) is 1. The van der Waals surface area contributed by atoms with Crippen LogP contribution in [0.25, 0.3) is 5.76 Å². The standard InChI is InChI=1S/C23H21N3O3/c1-28-19-12-18(14-25-15-19)26-21(17-8-5-10-24-13-17)22(27)20-9-11-29-23(20)16-6-3-2-4-7-16/h2-8,10,12-15,21,26H,9,11H2,1H3. The van der Waals surface area contributed by atoms with Crippen molar-refractivity contribution in [2.75, 3.05) is 19.0 Å². The zero-order valence-corrected chi connectivity index (χ0v) is 16.0. The fourth-order valence-corrected chi connectivity index (χ4v) is 3.34. The Bertz CT molecular complexity index is 1020. The highest BCUT2D eigenvalue weighted by Crippen LogP contribution is 2.33. The van der Waals surface area contributed by atoms with Gasteiger partial charge in [-0.15, -0.1) is 0 Å². The number of hydrogen-bond donors (Lipinski definition) is 1. The summed E-state index contributed by atoms with van der Waals surface area (Å²) in [6.45, 7) is 0.492. The summed E-state index contributed by atoms with van der Waals surface area (Å²) in [5, 5.41) is 3.30. The number of methoxy groups -OCH3 is 1. The maximum absolute atomic E-state index is 13.6. The van der Waals surface area contributed by atoms with Gasteiger partial charge in [-0.3, -0.25) is 14.8 Å². The van der Waals surface area contributed by atoms with Crippen LogP contribution >= 0.6 is 0 Å². The second kappa shape index (κ2) is 8.56. The van der Waals surface area contributed by atoms with Crippen molar-refractivity contribution >= 4 is 17.2 Å². The van der Waals surface area contributed by atoms with Gasteiger partial charge in [-0.25, -0.2) is 0 Å². The third-order valence-corrected chi connectivity index (χ3v) is 4.75. The van der Waals surface area contributed by atoms with Crippen LogP contribution in [0.5, 0.6) is 5.75 Å². The molecule has 1 aliphatic rings. The van der Waals surface area contributed by atoms with Gasteiger partial charge in [-0.2, -0.15) is 0 Å². The SMILES string of the molecule is COc1cncc(NC(C(=O)C2=C(c3ccccc3)OCC2)c2cccnc2)c1. The van der Waals surface area contributed by atoms with Crippen LogP contribution in [-0.4, -0.2) is 29.5 Å². The molecule has 4 rings (SSSR count). The average Bonchev–Trinajstić information content (AvgIpc) is 3.28. The van der Waals surface area contributed by atoms with Crippen LogP contribution < -0.4 is 10.1 Å². The summed E-state index contributed by atoms with van der Waals surface area (Å²) in [4.78, 5) is 22.0. The molecule has 3 heterocycles. The number of ketones is 1. The second-order valence-electron chi connectivity index (χ2n) is 6.61. The first kappa shape index (κ1) is 18.7. The minimum atomic E-state index is -0.618. The lowest BCUT2D eigenvalue weighted by molar-refractivity contribution is -0.116. The number of carbonyl (C=O) groups is 1. The van der Waals surface area contributed by atoms with E-state index in [9.17, 15) is 4.79 Å². The van der Waals surface area contributed by atoms with Crippen molar-refractivity contribution in [3.63, 3.8) is 0 Å². The van der Waals surface area contributed by atoms with E-state index in [1.807, 2.05) is 42.5 Å². The Labute approximate surface area is 169 Å². The van der Waals surface area contributed by atoms with E-state index >= 15 is 0 Å². The maximum atomic E-state index is 13.6. The van der Waals surface area contributed by atoms with Gasteiger partial charge in [-0.05, 0) is 6.07 Å². The summed E-state index contributed by atoms with van der Waals surface area (Å²) in [6, 6.07) is 14.6. The zero-order valence-electron chi connectivity index (χ0n) is 16.0. The van der Waals surface area contributed by atoms with E-state index in [0.29, 0.717) is 35.8 Å². The number of nitrogens with zero attached hydrogens (tertiary/aromatic N) is 2. The summed E-state index contributed by atoms with van der Waals surface area (Å²) in [6.07, 6.45) is 7.23. The first-order valence-corrected chi connectivity index (χ1v) is 9.37. The molecule has 0 fully saturated rings. The first-order valence-electron chi connectivity index (χ1n) is 9.37. The van der Waals surface area contributed by atoms with Crippen LogP contribution in [0.3, 0.4) is 0 Å². The molecule has 146 valence electrons. The third-order valence-electron chi connectivity index (χ3n) is 4.75. The van der Waals surface area contributed by atoms with Gasteiger partial charge in [0.1, 0.15) is 17.6 Å². The number of rotatable bonds is 7. The maximum Gasteiger partial charge on any atom is 0.189 e. The largest absolute Gasteiger partial charge is 0.495 e. The van der Waals surface area contributed by atoms with E-state index in [1.165, 1.54) is 0 Å².